The van der Waals surface area contributed by atoms with E-state index >= 15 is 0 Å². The van der Waals surface area contributed by atoms with Crippen LogP contribution in [0.4, 0.5) is 11.5 Å². The van der Waals surface area contributed by atoms with Gasteiger partial charge in [-0.2, -0.15) is 4.98 Å². The Bertz CT molecular complexity index is 350. The molecule has 0 aliphatic carbocycles. The van der Waals surface area contributed by atoms with Gasteiger partial charge in [0.2, 0.25) is 5.88 Å². The summed E-state index contributed by atoms with van der Waals surface area (Å²) in [4.78, 5) is 6.53. The normalized spacial score (nSPS) is 9.65. The number of ether oxygens (including phenoxy) is 1. The fourth-order valence-corrected chi connectivity index (χ4v) is 1.88. The molecular formula is C16H31N3O. The summed E-state index contributed by atoms with van der Waals surface area (Å²) in [6, 6.07) is 3.90. The van der Waals surface area contributed by atoms with E-state index in [-0.39, 0.29) is 0 Å². The molecule has 116 valence electrons. The van der Waals surface area contributed by atoms with Crippen molar-refractivity contribution < 1.29 is 4.74 Å². The number of hydrogen-bond donors (Lipinski definition) is 1. The van der Waals surface area contributed by atoms with E-state index in [2.05, 4.69) is 30.7 Å². The molecule has 0 saturated carbocycles. The van der Waals surface area contributed by atoms with E-state index in [4.69, 9.17) is 10.5 Å². The first-order chi connectivity index (χ1) is 9.71. The zero-order valence-electron chi connectivity index (χ0n) is 13.8. The van der Waals surface area contributed by atoms with Crippen molar-refractivity contribution in [2.24, 2.45) is 0 Å². The van der Waals surface area contributed by atoms with E-state index in [1.54, 1.807) is 0 Å². The predicted octanol–water partition coefficient (Wildman–Crippen LogP) is 4.11. The summed E-state index contributed by atoms with van der Waals surface area (Å²) in [7, 11) is 0. The fourth-order valence-electron chi connectivity index (χ4n) is 1.88. The largest absolute Gasteiger partial charge is 0.478 e. The Morgan fingerprint density at radius 2 is 1.65 bits per heavy atom. The van der Waals surface area contributed by atoms with Crippen LogP contribution in [0.1, 0.15) is 53.9 Å². The molecule has 0 saturated heterocycles. The van der Waals surface area contributed by atoms with Crippen molar-refractivity contribution in [3.05, 3.63) is 12.1 Å². The number of nitrogen functional groups attached to an aromatic ring is 1. The Morgan fingerprint density at radius 3 is 2.15 bits per heavy atom. The van der Waals surface area contributed by atoms with Crippen LogP contribution in [0.3, 0.4) is 0 Å². The lowest BCUT2D eigenvalue weighted by atomic mass is 10.3. The van der Waals surface area contributed by atoms with Gasteiger partial charge in [-0.1, -0.05) is 34.6 Å². The third kappa shape index (κ3) is 6.64. The van der Waals surface area contributed by atoms with Crippen LogP contribution in [0.5, 0.6) is 5.88 Å². The third-order valence-electron chi connectivity index (χ3n) is 2.61. The minimum Gasteiger partial charge on any atom is -0.478 e. The lowest BCUT2D eigenvalue weighted by molar-refractivity contribution is 0.306. The molecule has 1 heterocycles. The number of anilines is 2. The molecule has 20 heavy (non-hydrogen) atoms. The summed E-state index contributed by atoms with van der Waals surface area (Å²) in [6.45, 7) is 13.2. The molecule has 0 spiro atoms. The van der Waals surface area contributed by atoms with E-state index in [9.17, 15) is 0 Å². The van der Waals surface area contributed by atoms with Gasteiger partial charge in [-0.05, 0) is 19.3 Å². The maximum atomic E-state index is 5.84. The third-order valence-corrected chi connectivity index (χ3v) is 2.61. The monoisotopic (exact) mass is 281 g/mol. The van der Waals surface area contributed by atoms with Crippen molar-refractivity contribution in [3.8, 4) is 5.88 Å². The molecule has 0 aromatic carbocycles. The van der Waals surface area contributed by atoms with Gasteiger partial charge in [-0.25, -0.2) is 0 Å². The minimum atomic E-state index is 0.524. The maximum absolute atomic E-state index is 5.84. The minimum absolute atomic E-state index is 0.524. The highest BCUT2D eigenvalue weighted by molar-refractivity contribution is 5.55. The van der Waals surface area contributed by atoms with Crippen LogP contribution in [0.2, 0.25) is 0 Å². The van der Waals surface area contributed by atoms with Crippen LogP contribution in [-0.4, -0.2) is 24.7 Å². The number of aromatic nitrogens is 1. The van der Waals surface area contributed by atoms with Gasteiger partial charge in [0, 0.05) is 30.9 Å². The molecule has 0 radical (unpaired) electrons. The second-order valence-electron chi connectivity index (χ2n) is 4.42. The van der Waals surface area contributed by atoms with Gasteiger partial charge in [-0.15, -0.1) is 0 Å². The number of nitrogens with zero attached hydrogens (tertiary/aromatic N) is 2. The van der Waals surface area contributed by atoms with Crippen LogP contribution < -0.4 is 15.4 Å². The Balaban J connectivity index is 0.00000172. The van der Waals surface area contributed by atoms with E-state index in [1.807, 2.05) is 26.0 Å². The highest BCUT2D eigenvalue weighted by Crippen LogP contribution is 2.23. The molecule has 1 rings (SSSR count). The van der Waals surface area contributed by atoms with E-state index in [0.29, 0.717) is 18.3 Å². The molecular weight excluding hydrogens is 250 g/mol. The van der Waals surface area contributed by atoms with Gasteiger partial charge in [0.05, 0.1) is 6.61 Å². The van der Waals surface area contributed by atoms with Crippen LogP contribution in [0.25, 0.3) is 0 Å². The van der Waals surface area contributed by atoms with Crippen molar-refractivity contribution in [3.63, 3.8) is 0 Å². The molecule has 4 nitrogen and oxygen atoms in total. The zero-order valence-corrected chi connectivity index (χ0v) is 13.8. The van der Waals surface area contributed by atoms with Crippen LogP contribution in [0.15, 0.2) is 12.1 Å². The lowest BCUT2D eigenvalue weighted by Gasteiger charge is -2.24. The number of hydrogen-bond acceptors (Lipinski definition) is 4. The second-order valence-corrected chi connectivity index (χ2v) is 4.42. The Morgan fingerprint density at radius 1 is 1.05 bits per heavy atom. The van der Waals surface area contributed by atoms with Crippen LogP contribution in [0, 0.1) is 0 Å². The number of pyridine rings is 1. The number of rotatable bonds is 8. The van der Waals surface area contributed by atoms with Crippen molar-refractivity contribution in [2.45, 2.75) is 53.9 Å². The molecule has 2 N–H and O–H groups in total. The SMILES string of the molecule is CC.CCCOc1cc(N(CCC)CCC)cc(N)n1. The summed E-state index contributed by atoms with van der Waals surface area (Å²) < 4.78 is 5.57. The molecule has 1 aromatic rings. The zero-order chi connectivity index (χ0) is 15.4. The van der Waals surface area contributed by atoms with Gasteiger partial charge in [0.1, 0.15) is 5.82 Å². The quantitative estimate of drug-likeness (QED) is 0.779. The summed E-state index contributed by atoms with van der Waals surface area (Å²) in [5, 5.41) is 0. The van der Waals surface area contributed by atoms with Gasteiger partial charge < -0.3 is 15.4 Å². The lowest BCUT2D eigenvalue weighted by Crippen LogP contribution is -2.25. The Hall–Kier alpha value is -1.45. The predicted molar refractivity (Wildman–Crippen MR) is 88.6 cm³/mol. The topological polar surface area (TPSA) is 51.4 Å². The maximum Gasteiger partial charge on any atom is 0.217 e. The van der Waals surface area contributed by atoms with E-state index in [1.165, 1.54) is 0 Å². The second kappa shape index (κ2) is 11.4. The van der Waals surface area contributed by atoms with Crippen LogP contribution in [-0.2, 0) is 0 Å². The first-order valence-electron chi connectivity index (χ1n) is 7.86. The molecule has 0 aliphatic heterocycles. The van der Waals surface area contributed by atoms with Crippen molar-refractivity contribution in [1.29, 1.82) is 0 Å². The van der Waals surface area contributed by atoms with Gasteiger partial charge in [0.25, 0.3) is 0 Å². The summed E-state index contributed by atoms with van der Waals surface area (Å²) >= 11 is 0. The smallest absolute Gasteiger partial charge is 0.217 e. The van der Waals surface area contributed by atoms with Crippen LogP contribution >= 0.6 is 0 Å². The van der Waals surface area contributed by atoms with Gasteiger partial charge in [-0.3, -0.25) is 0 Å². The Labute approximate surface area is 124 Å². The van der Waals surface area contributed by atoms with Gasteiger partial charge in [0.15, 0.2) is 0 Å². The van der Waals surface area contributed by atoms with Gasteiger partial charge >= 0.3 is 0 Å². The molecule has 1 aromatic heterocycles. The standard InChI is InChI=1S/C14H25N3O.C2H6/c1-4-7-17(8-5-2)12-10-13(15)16-14(11-12)18-9-6-3;1-2/h10-11H,4-9H2,1-3H3,(H2,15,16);1-2H3. The Kier molecular flexibility index (Phi) is 10.6. The van der Waals surface area contributed by atoms with Crippen molar-refractivity contribution >= 4 is 11.5 Å². The molecule has 0 fully saturated rings. The molecule has 4 heteroatoms. The molecule has 0 aliphatic rings. The summed E-state index contributed by atoms with van der Waals surface area (Å²) in [5.74, 6) is 1.15. The van der Waals surface area contributed by atoms with Crippen molar-refractivity contribution in [2.75, 3.05) is 30.3 Å². The average molecular weight is 281 g/mol. The van der Waals surface area contributed by atoms with E-state index in [0.717, 1.165) is 38.0 Å². The molecule has 0 atom stereocenters. The number of nitrogens with two attached hydrogens (primary N) is 1. The average Bonchev–Trinajstić information content (AvgIpc) is 2.46. The van der Waals surface area contributed by atoms with E-state index < -0.39 is 0 Å². The molecule has 0 amide bonds. The fraction of sp³-hybridized carbons (Fsp3) is 0.688. The molecule has 0 unspecified atom stereocenters. The highest BCUT2D eigenvalue weighted by Gasteiger charge is 2.08. The summed E-state index contributed by atoms with van der Waals surface area (Å²) in [5.41, 5.74) is 6.95. The highest BCUT2D eigenvalue weighted by atomic mass is 16.5. The first kappa shape index (κ1) is 18.6. The molecule has 0 bridgehead atoms. The summed E-state index contributed by atoms with van der Waals surface area (Å²) in [6.07, 6.45) is 3.21. The first-order valence-corrected chi connectivity index (χ1v) is 7.86. The van der Waals surface area contributed by atoms with Crippen molar-refractivity contribution in [1.82, 2.24) is 4.98 Å².